The van der Waals surface area contributed by atoms with Gasteiger partial charge >= 0.3 is 0 Å². The first-order chi connectivity index (χ1) is 9.97. The zero-order valence-corrected chi connectivity index (χ0v) is 12.2. The number of sulfone groups is 1. The lowest BCUT2D eigenvalue weighted by atomic mass is 10.1. The predicted molar refractivity (Wildman–Crippen MR) is 78.2 cm³/mol. The van der Waals surface area contributed by atoms with Gasteiger partial charge in [-0.3, -0.25) is 0 Å². The summed E-state index contributed by atoms with van der Waals surface area (Å²) in [6.45, 7) is 2.02. The highest BCUT2D eigenvalue weighted by Crippen LogP contribution is 2.35. The molecule has 0 fully saturated rings. The van der Waals surface area contributed by atoms with E-state index < -0.39 is 15.7 Å². The summed E-state index contributed by atoms with van der Waals surface area (Å²) < 4.78 is 43.3. The Bertz CT molecular complexity index is 838. The predicted octanol–water partition coefficient (Wildman–Crippen LogP) is 3.34. The number of halogens is 1. The Balaban J connectivity index is 1.90. The highest BCUT2D eigenvalue weighted by Gasteiger charge is 2.30. The fourth-order valence-corrected chi connectivity index (χ4v) is 3.87. The van der Waals surface area contributed by atoms with Crippen molar-refractivity contribution in [3.63, 3.8) is 0 Å². The first-order valence-corrected chi connectivity index (χ1v) is 7.96. The Kier molecular flexibility index (Phi) is 3.29. The number of fused-ring (bicyclic) bond motifs is 1. The van der Waals surface area contributed by atoms with Crippen molar-refractivity contribution in [1.82, 2.24) is 0 Å². The molecule has 1 aliphatic rings. The molecule has 1 aliphatic heterocycles. The van der Waals surface area contributed by atoms with Gasteiger partial charge in [0.2, 0.25) is 9.84 Å². The third-order valence-electron chi connectivity index (χ3n) is 3.28. The second kappa shape index (κ2) is 5.00. The van der Waals surface area contributed by atoms with Crippen molar-refractivity contribution < 1.29 is 17.5 Å². The summed E-state index contributed by atoms with van der Waals surface area (Å²) in [5.41, 5.74) is 1.89. The lowest BCUT2D eigenvalue weighted by Gasteiger charge is -2.08. The van der Waals surface area contributed by atoms with Crippen molar-refractivity contribution in [3.05, 3.63) is 64.8 Å². The van der Waals surface area contributed by atoms with Gasteiger partial charge in [0.25, 0.3) is 0 Å². The summed E-state index contributed by atoms with van der Waals surface area (Å²) in [4.78, 5) is -0.257. The van der Waals surface area contributed by atoms with Crippen LogP contribution in [0.15, 0.2) is 52.8 Å². The van der Waals surface area contributed by atoms with Crippen molar-refractivity contribution in [1.29, 1.82) is 0 Å². The summed E-state index contributed by atoms with van der Waals surface area (Å²) in [5, 5.41) is 1.08. The highest BCUT2D eigenvalue weighted by atomic mass is 32.2. The maximum absolute atomic E-state index is 13.7. The monoisotopic (exact) mass is 304 g/mol. The average molecular weight is 304 g/mol. The molecule has 0 atom stereocenters. The Morgan fingerprint density at radius 2 is 1.90 bits per heavy atom. The van der Waals surface area contributed by atoms with Crippen molar-refractivity contribution in [2.75, 3.05) is 6.61 Å². The van der Waals surface area contributed by atoms with E-state index in [9.17, 15) is 12.8 Å². The zero-order valence-electron chi connectivity index (χ0n) is 11.3. The third-order valence-corrected chi connectivity index (χ3v) is 4.86. The van der Waals surface area contributed by atoms with Gasteiger partial charge in [0.1, 0.15) is 23.1 Å². The minimum absolute atomic E-state index is 0.0825. The smallest absolute Gasteiger partial charge is 0.203 e. The number of hydrogen-bond acceptors (Lipinski definition) is 3. The standard InChI is InChI=1S/C16H13FO3S/c1-11-4-2-5-13(8-11)20-9-12-10-21(18,19)16-14(12)6-3-7-15(16)17/h2-8,10H,9H2,1H3. The van der Waals surface area contributed by atoms with Gasteiger partial charge in [-0.15, -0.1) is 0 Å². The van der Waals surface area contributed by atoms with Crippen LogP contribution in [-0.4, -0.2) is 15.0 Å². The van der Waals surface area contributed by atoms with E-state index in [1.807, 2.05) is 25.1 Å². The van der Waals surface area contributed by atoms with E-state index in [0.29, 0.717) is 16.9 Å². The van der Waals surface area contributed by atoms with Crippen molar-refractivity contribution in [2.24, 2.45) is 0 Å². The van der Waals surface area contributed by atoms with Gasteiger partial charge < -0.3 is 4.74 Å². The minimum atomic E-state index is -3.72. The van der Waals surface area contributed by atoms with E-state index in [2.05, 4.69) is 0 Å². The number of benzene rings is 2. The largest absolute Gasteiger partial charge is 0.489 e. The molecule has 3 nitrogen and oxygen atoms in total. The molecule has 0 aliphatic carbocycles. The van der Waals surface area contributed by atoms with Gasteiger partial charge in [-0.1, -0.05) is 24.3 Å². The number of ether oxygens (including phenoxy) is 1. The van der Waals surface area contributed by atoms with Crippen molar-refractivity contribution >= 4 is 15.4 Å². The molecule has 0 bridgehead atoms. The molecule has 3 rings (SSSR count). The SMILES string of the molecule is Cc1cccc(OCC2=CS(=O)(=O)c3c(F)cccc32)c1. The summed E-state index contributed by atoms with van der Waals surface area (Å²) in [7, 11) is -3.72. The molecule has 108 valence electrons. The first kappa shape index (κ1) is 13.8. The van der Waals surface area contributed by atoms with Gasteiger partial charge in [0.05, 0.1) is 0 Å². The Hall–Kier alpha value is -2.14. The summed E-state index contributed by atoms with van der Waals surface area (Å²) in [5.74, 6) is -0.0764. The van der Waals surface area contributed by atoms with Gasteiger partial charge in [0, 0.05) is 16.5 Å². The van der Waals surface area contributed by atoms with Crippen molar-refractivity contribution in [3.8, 4) is 5.75 Å². The molecule has 0 unspecified atom stereocenters. The highest BCUT2D eigenvalue weighted by molar-refractivity contribution is 7.95. The molecule has 0 aromatic heterocycles. The third kappa shape index (κ3) is 2.56. The molecular formula is C16H13FO3S. The molecule has 0 saturated heterocycles. The number of rotatable bonds is 3. The summed E-state index contributed by atoms with van der Waals surface area (Å²) >= 11 is 0. The van der Waals surface area contributed by atoms with Gasteiger partial charge in [0.15, 0.2) is 0 Å². The number of hydrogen-bond donors (Lipinski definition) is 0. The normalized spacial score (nSPS) is 15.4. The van der Waals surface area contributed by atoms with Crippen LogP contribution < -0.4 is 4.74 Å². The van der Waals surface area contributed by atoms with Crippen LogP contribution in [0.2, 0.25) is 0 Å². The van der Waals surface area contributed by atoms with Crippen LogP contribution in [0.4, 0.5) is 4.39 Å². The quantitative estimate of drug-likeness (QED) is 0.873. The Labute approximate surface area is 122 Å². The van der Waals surface area contributed by atoms with Crippen LogP contribution in [0.25, 0.3) is 5.57 Å². The Morgan fingerprint density at radius 1 is 1.14 bits per heavy atom. The van der Waals surface area contributed by atoms with Crippen LogP contribution in [-0.2, 0) is 9.84 Å². The van der Waals surface area contributed by atoms with E-state index in [1.165, 1.54) is 6.07 Å². The van der Waals surface area contributed by atoms with Crippen LogP contribution in [0.1, 0.15) is 11.1 Å². The average Bonchev–Trinajstić information content (AvgIpc) is 2.69. The second-order valence-corrected chi connectivity index (χ2v) is 6.64. The van der Waals surface area contributed by atoms with Crippen LogP contribution in [0.5, 0.6) is 5.75 Å². The lowest BCUT2D eigenvalue weighted by molar-refractivity contribution is 0.369. The molecule has 0 radical (unpaired) electrons. The molecule has 21 heavy (non-hydrogen) atoms. The topological polar surface area (TPSA) is 43.4 Å². The lowest BCUT2D eigenvalue weighted by Crippen LogP contribution is -2.00. The maximum Gasteiger partial charge on any atom is 0.203 e. The van der Waals surface area contributed by atoms with Crippen LogP contribution >= 0.6 is 0 Å². The van der Waals surface area contributed by atoms with E-state index in [-0.39, 0.29) is 11.5 Å². The van der Waals surface area contributed by atoms with E-state index in [0.717, 1.165) is 17.0 Å². The fourth-order valence-electron chi connectivity index (χ4n) is 2.34. The minimum Gasteiger partial charge on any atom is -0.489 e. The zero-order chi connectivity index (χ0) is 15.0. The van der Waals surface area contributed by atoms with Gasteiger partial charge in [-0.05, 0) is 30.7 Å². The molecule has 0 saturated carbocycles. The van der Waals surface area contributed by atoms with Crippen molar-refractivity contribution in [2.45, 2.75) is 11.8 Å². The Morgan fingerprint density at radius 3 is 2.67 bits per heavy atom. The van der Waals surface area contributed by atoms with E-state index in [4.69, 9.17) is 4.74 Å². The molecule has 2 aromatic carbocycles. The molecule has 0 N–H and O–H groups in total. The maximum atomic E-state index is 13.7. The van der Waals surface area contributed by atoms with Gasteiger partial charge in [-0.2, -0.15) is 0 Å². The molecular weight excluding hydrogens is 291 g/mol. The van der Waals surface area contributed by atoms with Crippen LogP contribution in [0.3, 0.4) is 0 Å². The molecule has 1 heterocycles. The molecule has 0 spiro atoms. The van der Waals surface area contributed by atoms with E-state index in [1.54, 1.807) is 12.1 Å². The van der Waals surface area contributed by atoms with E-state index >= 15 is 0 Å². The fraction of sp³-hybridized carbons (Fsp3) is 0.125. The summed E-state index contributed by atoms with van der Waals surface area (Å²) in [6, 6.07) is 11.7. The first-order valence-electron chi connectivity index (χ1n) is 6.41. The molecule has 0 amide bonds. The summed E-state index contributed by atoms with van der Waals surface area (Å²) in [6.07, 6.45) is 0. The van der Waals surface area contributed by atoms with Gasteiger partial charge in [-0.25, -0.2) is 12.8 Å². The molecule has 2 aromatic rings. The molecule has 5 heteroatoms. The number of aryl methyl sites for hydroxylation is 1. The second-order valence-electron chi connectivity index (χ2n) is 4.91. The van der Waals surface area contributed by atoms with Crippen LogP contribution in [0, 0.1) is 12.7 Å².